The summed E-state index contributed by atoms with van der Waals surface area (Å²) in [7, 11) is -3.91. The summed E-state index contributed by atoms with van der Waals surface area (Å²) in [6, 6.07) is 4.49. The summed E-state index contributed by atoms with van der Waals surface area (Å²) < 4.78 is 34.8. The number of halogens is 1. The van der Waals surface area contributed by atoms with Crippen molar-refractivity contribution in [3.63, 3.8) is 0 Å². The largest absolute Gasteiger partial charge is 0.387 e. The summed E-state index contributed by atoms with van der Waals surface area (Å²) in [4.78, 5) is 12.2. The number of benzene rings is 1. The molecule has 2 aromatic heterocycles. The van der Waals surface area contributed by atoms with Crippen LogP contribution in [0, 0.1) is 6.92 Å². The molecule has 1 aromatic carbocycles. The van der Waals surface area contributed by atoms with Crippen LogP contribution in [0.2, 0.25) is 5.02 Å². The Hall–Kier alpha value is -2.35. The zero-order valence-corrected chi connectivity index (χ0v) is 18.9. The third-order valence-electron chi connectivity index (χ3n) is 5.52. The number of aliphatic hydroxyl groups excluding tert-OH is 2. The zero-order valence-electron chi connectivity index (χ0n) is 17.3. The highest BCUT2D eigenvalue weighted by Gasteiger charge is 2.46. The van der Waals surface area contributed by atoms with Crippen molar-refractivity contribution in [2.75, 3.05) is 18.8 Å². The second kappa shape index (κ2) is 8.54. The lowest BCUT2D eigenvalue weighted by molar-refractivity contribution is -0.0384. The molecule has 1 fully saturated rings. The van der Waals surface area contributed by atoms with E-state index in [-0.39, 0.29) is 23.8 Å². The highest BCUT2D eigenvalue weighted by Crippen LogP contribution is 2.33. The van der Waals surface area contributed by atoms with Gasteiger partial charge in [0.1, 0.15) is 30.2 Å². The number of rotatable bonds is 6. The smallest absolute Gasteiger partial charge is 0.243 e. The van der Waals surface area contributed by atoms with Crippen molar-refractivity contribution in [1.82, 2.24) is 23.8 Å². The Balaban J connectivity index is 1.59. The zero-order chi connectivity index (χ0) is 23.2. The lowest BCUT2D eigenvalue weighted by Crippen LogP contribution is -2.42. The molecule has 1 saturated heterocycles. The number of likely N-dealkylation sites (N-methyl/N-ethyl adjacent to an activating group) is 1. The highest BCUT2D eigenvalue weighted by molar-refractivity contribution is 7.89. The molecule has 32 heavy (non-hydrogen) atoms. The molecule has 172 valence electrons. The van der Waals surface area contributed by atoms with Gasteiger partial charge in [-0.05, 0) is 24.6 Å². The second-order valence-electron chi connectivity index (χ2n) is 7.50. The Morgan fingerprint density at radius 1 is 1.25 bits per heavy atom. The van der Waals surface area contributed by atoms with E-state index >= 15 is 0 Å². The Morgan fingerprint density at radius 2 is 2.00 bits per heavy atom. The minimum atomic E-state index is -3.91. The van der Waals surface area contributed by atoms with Gasteiger partial charge in [-0.25, -0.2) is 23.4 Å². The predicted molar refractivity (Wildman–Crippen MR) is 116 cm³/mol. The van der Waals surface area contributed by atoms with Crippen molar-refractivity contribution < 1.29 is 23.4 Å². The number of aliphatic hydroxyl groups is 2. The number of sulfonamides is 1. The van der Waals surface area contributed by atoms with Crippen molar-refractivity contribution in [1.29, 1.82) is 0 Å². The number of fused-ring (bicyclic) bond motifs is 1. The van der Waals surface area contributed by atoms with Gasteiger partial charge in [0.05, 0.1) is 11.2 Å². The van der Waals surface area contributed by atoms with E-state index in [1.165, 1.54) is 33.7 Å². The van der Waals surface area contributed by atoms with Gasteiger partial charge in [-0.2, -0.15) is 4.31 Å². The van der Waals surface area contributed by atoms with Crippen molar-refractivity contribution in [2.24, 2.45) is 0 Å². The monoisotopic (exact) mass is 482 g/mol. The van der Waals surface area contributed by atoms with Crippen LogP contribution in [-0.4, -0.2) is 73.9 Å². The maximum atomic E-state index is 13.1. The fourth-order valence-electron chi connectivity index (χ4n) is 3.65. The molecule has 1 aliphatic heterocycles. The van der Waals surface area contributed by atoms with Crippen molar-refractivity contribution in [3.8, 4) is 0 Å². The van der Waals surface area contributed by atoms with Crippen molar-refractivity contribution >= 4 is 38.6 Å². The van der Waals surface area contributed by atoms with Crippen LogP contribution in [-0.2, 0) is 14.8 Å². The number of nitrogens with zero attached hydrogens (tertiary/aromatic N) is 5. The van der Waals surface area contributed by atoms with E-state index in [4.69, 9.17) is 22.1 Å². The van der Waals surface area contributed by atoms with Gasteiger partial charge in [0.2, 0.25) is 10.0 Å². The van der Waals surface area contributed by atoms with Gasteiger partial charge in [-0.15, -0.1) is 0 Å². The maximum Gasteiger partial charge on any atom is 0.243 e. The van der Waals surface area contributed by atoms with Crippen LogP contribution in [0.1, 0.15) is 18.7 Å². The number of nitrogen functional groups attached to an aromatic ring is 1. The molecule has 0 bridgehead atoms. The van der Waals surface area contributed by atoms with E-state index < -0.39 is 34.6 Å². The lowest BCUT2D eigenvalue weighted by atomic mass is 10.1. The standard InChI is InChI=1S/C19H23ClN6O5S/c1-3-25(32(29,30)11-5-4-10(2)12(20)6-11)7-13-15(27)16(28)19(31-13)26-9-24-14-17(21)22-8-23-18(14)26/h4-6,8-9,13,15-16,19,27-28H,3,7H2,1-2H3,(H2,21,22,23)/t13-,15-,16-,19-/m1/s1. The van der Waals surface area contributed by atoms with Gasteiger partial charge in [-0.1, -0.05) is 24.6 Å². The normalized spacial score (nSPS) is 23.9. The van der Waals surface area contributed by atoms with Crippen LogP contribution in [0.25, 0.3) is 11.2 Å². The number of ether oxygens (including phenoxy) is 1. The first kappa shape index (κ1) is 22.8. The minimum absolute atomic E-state index is 0.0346. The van der Waals surface area contributed by atoms with E-state index in [1.807, 2.05) is 0 Å². The second-order valence-corrected chi connectivity index (χ2v) is 9.84. The lowest BCUT2D eigenvalue weighted by Gasteiger charge is -2.25. The van der Waals surface area contributed by atoms with Crippen LogP contribution < -0.4 is 5.73 Å². The van der Waals surface area contributed by atoms with E-state index in [1.54, 1.807) is 19.9 Å². The first-order chi connectivity index (χ1) is 15.1. The maximum absolute atomic E-state index is 13.1. The summed E-state index contributed by atoms with van der Waals surface area (Å²) in [5.41, 5.74) is 7.21. The van der Waals surface area contributed by atoms with Crippen LogP contribution in [0.5, 0.6) is 0 Å². The molecule has 0 saturated carbocycles. The number of nitrogens with two attached hydrogens (primary N) is 1. The van der Waals surface area contributed by atoms with Crippen LogP contribution in [0.4, 0.5) is 5.82 Å². The quantitative estimate of drug-likeness (QED) is 0.460. The fraction of sp³-hybridized carbons (Fsp3) is 0.421. The Kier molecular flexibility index (Phi) is 6.09. The van der Waals surface area contributed by atoms with E-state index in [0.29, 0.717) is 16.2 Å². The molecule has 3 aromatic rings. The average Bonchev–Trinajstić information content (AvgIpc) is 3.30. The van der Waals surface area contributed by atoms with Gasteiger partial charge in [0.15, 0.2) is 17.7 Å². The summed E-state index contributed by atoms with van der Waals surface area (Å²) in [5.74, 6) is 0.165. The van der Waals surface area contributed by atoms with E-state index in [9.17, 15) is 18.6 Å². The molecular formula is C19H23ClN6O5S. The molecular weight excluding hydrogens is 460 g/mol. The van der Waals surface area contributed by atoms with E-state index in [0.717, 1.165) is 5.56 Å². The number of aromatic nitrogens is 4. The number of imidazole rings is 1. The summed E-state index contributed by atoms with van der Waals surface area (Å²) in [5, 5.41) is 21.6. The molecule has 0 spiro atoms. The van der Waals surface area contributed by atoms with Crippen molar-refractivity contribution in [3.05, 3.63) is 41.4 Å². The number of hydrogen-bond donors (Lipinski definition) is 3. The number of aryl methyl sites for hydroxylation is 1. The van der Waals surface area contributed by atoms with Gasteiger partial charge >= 0.3 is 0 Å². The molecule has 0 amide bonds. The molecule has 1 aliphatic rings. The Bertz CT molecular complexity index is 1250. The highest BCUT2D eigenvalue weighted by atomic mass is 35.5. The molecule has 0 aliphatic carbocycles. The predicted octanol–water partition coefficient (Wildman–Crippen LogP) is 0.700. The summed E-state index contributed by atoms with van der Waals surface area (Å²) in [6.45, 7) is 3.40. The molecule has 3 heterocycles. The third kappa shape index (κ3) is 3.83. The summed E-state index contributed by atoms with van der Waals surface area (Å²) in [6.07, 6.45) is -2.09. The molecule has 13 heteroatoms. The average molecular weight is 483 g/mol. The molecule has 4 atom stereocenters. The molecule has 11 nitrogen and oxygen atoms in total. The Morgan fingerprint density at radius 3 is 2.69 bits per heavy atom. The van der Waals surface area contributed by atoms with Crippen LogP contribution in [0.15, 0.2) is 35.7 Å². The molecule has 4 rings (SSSR count). The summed E-state index contributed by atoms with van der Waals surface area (Å²) >= 11 is 6.11. The van der Waals surface area contributed by atoms with Crippen molar-refractivity contribution in [2.45, 2.75) is 43.3 Å². The van der Waals surface area contributed by atoms with Gasteiger partial charge in [-0.3, -0.25) is 4.57 Å². The fourth-order valence-corrected chi connectivity index (χ4v) is 5.38. The topological polar surface area (TPSA) is 157 Å². The number of hydrogen-bond acceptors (Lipinski definition) is 9. The molecule has 4 N–H and O–H groups in total. The first-order valence-electron chi connectivity index (χ1n) is 9.86. The molecule has 0 unspecified atom stereocenters. The van der Waals surface area contributed by atoms with Gasteiger partial charge in [0.25, 0.3) is 0 Å². The minimum Gasteiger partial charge on any atom is -0.387 e. The Labute approximate surface area is 189 Å². The third-order valence-corrected chi connectivity index (χ3v) is 7.86. The van der Waals surface area contributed by atoms with Crippen LogP contribution in [0.3, 0.4) is 0 Å². The SMILES string of the molecule is CCN(C[C@H]1O[C@@H](n2cnc3c(N)ncnc32)[C@H](O)[C@@H]1O)S(=O)(=O)c1ccc(C)c(Cl)c1. The first-order valence-corrected chi connectivity index (χ1v) is 11.7. The number of anilines is 1. The van der Waals surface area contributed by atoms with Gasteiger partial charge < -0.3 is 20.7 Å². The molecule has 0 radical (unpaired) electrons. The van der Waals surface area contributed by atoms with E-state index in [2.05, 4.69) is 15.0 Å². The van der Waals surface area contributed by atoms with Crippen LogP contribution >= 0.6 is 11.6 Å². The van der Waals surface area contributed by atoms with Gasteiger partial charge in [0, 0.05) is 18.1 Å².